The number of hydrogen-bond donors (Lipinski definition) is 0. The van der Waals surface area contributed by atoms with Crippen molar-refractivity contribution in [1.29, 1.82) is 0 Å². The van der Waals surface area contributed by atoms with Gasteiger partial charge in [0.2, 0.25) is 0 Å². The van der Waals surface area contributed by atoms with Gasteiger partial charge in [-0.1, -0.05) is 67.6 Å². The van der Waals surface area contributed by atoms with Crippen LogP contribution in [0.5, 0.6) is 0 Å². The van der Waals surface area contributed by atoms with Crippen LogP contribution in [-0.4, -0.2) is 23.5 Å². The van der Waals surface area contributed by atoms with Crippen LogP contribution in [0.1, 0.15) is 62.8 Å². The van der Waals surface area contributed by atoms with Crippen molar-refractivity contribution in [1.82, 2.24) is 0 Å². The molecule has 0 N–H and O–H groups in total. The fourth-order valence-electron chi connectivity index (χ4n) is 4.97. The van der Waals surface area contributed by atoms with E-state index in [1.54, 1.807) is 11.1 Å². The minimum absolute atomic E-state index is 0.0896. The van der Waals surface area contributed by atoms with Crippen LogP contribution in [0.4, 0.5) is 0 Å². The first-order valence-corrected chi connectivity index (χ1v) is 10.6. The largest absolute Gasteiger partial charge is 0.139 e. The zero-order valence-corrected chi connectivity index (χ0v) is 19.3. The molecule has 0 heterocycles. The highest BCUT2D eigenvalue weighted by atomic mass is 14.4. The molecule has 3 heteroatoms. The van der Waals surface area contributed by atoms with Crippen molar-refractivity contribution in [3.8, 4) is 0 Å². The van der Waals surface area contributed by atoms with Crippen LogP contribution in [0, 0.1) is 19.3 Å². The number of benzene rings is 2. The van der Waals surface area contributed by atoms with Crippen molar-refractivity contribution < 1.29 is 0 Å². The van der Waals surface area contributed by atoms with Crippen molar-refractivity contribution in [3.05, 3.63) is 63.7 Å². The quantitative estimate of drug-likeness (QED) is 0.715. The van der Waals surface area contributed by atoms with Crippen molar-refractivity contribution >= 4 is 51.1 Å². The van der Waals surface area contributed by atoms with E-state index in [4.69, 9.17) is 0 Å². The molecule has 0 aliphatic heterocycles. The van der Waals surface area contributed by atoms with E-state index in [1.165, 1.54) is 49.8 Å². The topological polar surface area (TPSA) is 0 Å². The molecule has 3 rings (SSSR count). The van der Waals surface area contributed by atoms with Crippen LogP contribution in [0.15, 0.2) is 41.5 Å². The van der Waals surface area contributed by atoms with Crippen LogP contribution in [-0.2, 0) is 0 Å². The van der Waals surface area contributed by atoms with Gasteiger partial charge in [-0.05, 0) is 78.0 Å². The summed E-state index contributed by atoms with van der Waals surface area (Å²) in [4.78, 5) is 0. The second-order valence-corrected chi connectivity index (χ2v) is 9.71. The van der Waals surface area contributed by atoms with Gasteiger partial charge in [0.1, 0.15) is 23.5 Å². The lowest BCUT2D eigenvalue weighted by Gasteiger charge is -2.36. The van der Waals surface area contributed by atoms with Gasteiger partial charge in [-0.2, -0.15) is 0 Å². The maximum atomic E-state index is 2.38. The van der Waals surface area contributed by atoms with E-state index in [1.807, 2.05) is 0 Å². The smallest absolute Gasteiger partial charge is 0.101 e. The summed E-state index contributed by atoms with van der Waals surface area (Å²) in [6, 6.07) is 11.3. The zero-order valence-electron chi connectivity index (χ0n) is 19.3. The van der Waals surface area contributed by atoms with Gasteiger partial charge in [0.05, 0.1) is 0 Å². The summed E-state index contributed by atoms with van der Waals surface area (Å²) in [7, 11) is 6.83. The Kier molecular flexibility index (Phi) is 5.59. The van der Waals surface area contributed by atoms with Crippen molar-refractivity contribution in [2.75, 3.05) is 0 Å². The molecule has 0 saturated heterocycles. The molecule has 0 saturated carbocycles. The average molecular weight is 366 g/mol. The lowest BCUT2D eigenvalue weighted by molar-refractivity contribution is 0.518. The first-order chi connectivity index (χ1) is 13.0. The van der Waals surface area contributed by atoms with E-state index in [9.17, 15) is 0 Å². The van der Waals surface area contributed by atoms with E-state index >= 15 is 0 Å². The molecule has 0 radical (unpaired) electrons. The van der Waals surface area contributed by atoms with E-state index in [2.05, 4.69) is 95.4 Å². The van der Waals surface area contributed by atoms with Crippen LogP contribution in [0.25, 0.3) is 11.1 Å². The van der Waals surface area contributed by atoms with Crippen LogP contribution < -0.4 is 16.4 Å². The van der Waals surface area contributed by atoms with Gasteiger partial charge < -0.3 is 0 Å². The molecule has 28 heavy (non-hydrogen) atoms. The van der Waals surface area contributed by atoms with Crippen molar-refractivity contribution in [2.24, 2.45) is 5.41 Å². The SMILES string of the molecule is Bc1cc(C)c(C2=C(C(C)(C)C)C(c3ccccc3C)=C(C)CC2)c(B)c1B. The molecular weight excluding hydrogens is 333 g/mol. The summed E-state index contributed by atoms with van der Waals surface area (Å²) in [5.74, 6) is 0. The Labute approximate surface area is 174 Å². The molecular formula is C25H33B3. The lowest BCUT2D eigenvalue weighted by Crippen LogP contribution is -2.41. The summed E-state index contributed by atoms with van der Waals surface area (Å²) < 4.78 is 0. The van der Waals surface area contributed by atoms with E-state index in [0.29, 0.717) is 0 Å². The van der Waals surface area contributed by atoms with Gasteiger partial charge >= 0.3 is 0 Å². The highest BCUT2D eigenvalue weighted by Gasteiger charge is 2.31. The summed E-state index contributed by atoms with van der Waals surface area (Å²) >= 11 is 0. The fraction of sp³-hybridized carbons (Fsp3) is 0.360. The molecule has 2 aromatic rings. The van der Waals surface area contributed by atoms with E-state index in [-0.39, 0.29) is 5.41 Å². The van der Waals surface area contributed by atoms with E-state index < -0.39 is 0 Å². The number of allylic oxidation sites excluding steroid dienone is 4. The van der Waals surface area contributed by atoms with Gasteiger partial charge in [-0.25, -0.2) is 0 Å². The molecule has 0 spiro atoms. The van der Waals surface area contributed by atoms with Crippen LogP contribution in [0.3, 0.4) is 0 Å². The number of aryl methyl sites for hydroxylation is 2. The maximum absolute atomic E-state index is 2.38. The van der Waals surface area contributed by atoms with Gasteiger partial charge in [-0.3, -0.25) is 0 Å². The third kappa shape index (κ3) is 3.57. The minimum Gasteiger partial charge on any atom is -0.101 e. The van der Waals surface area contributed by atoms with Crippen molar-refractivity contribution in [3.63, 3.8) is 0 Å². The van der Waals surface area contributed by atoms with E-state index in [0.717, 1.165) is 12.8 Å². The minimum atomic E-state index is 0.0896. The Morgan fingerprint density at radius 3 is 2.07 bits per heavy atom. The summed E-state index contributed by atoms with van der Waals surface area (Å²) in [6.45, 7) is 14.0. The normalized spacial score (nSPS) is 15.4. The highest BCUT2D eigenvalue weighted by Crippen LogP contribution is 2.49. The van der Waals surface area contributed by atoms with Gasteiger partial charge in [0, 0.05) is 0 Å². The maximum Gasteiger partial charge on any atom is 0.139 e. The highest BCUT2D eigenvalue weighted by molar-refractivity contribution is 6.58. The Balaban J connectivity index is 2.41. The summed E-state index contributed by atoms with van der Waals surface area (Å²) in [5.41, 5.74) is 16.2. The zero-order chi connectivity index (χ0) is 20.8. The molecule has 2 aromatic carbocycles. The Hall–Kier alpha value is -1.89. The first kappa shape index (κ1) is 20.8. The summed E-state index contributed by atoms with van der Waals surface area (Å²) in [5, 5.41) is 0. The molecule has 0 aromatic heterocycles. The third-order valence-electron chi connectivity index (χ3n) is 6.55. The number of rotatable bonds is 2. The van der Waals surface area contributed by atoms with Gasteiger partial charge in [0.15, 0.2) is 0 Å². The number of hydrogen-bond acceptors (Lipinski definition) is 0. The predicted molar refractivity (Wildman–Crippen MR) is 135 cm³/mol. The predicted octanol–water partition coefficient (Wildman–Crippen LogP) is 2.15. The lowest BCUT2D eigenvalue weighted by atomic mass is 9.64. The molecule has 0 atom stereocenters. The Bertz CT molecular complexity index is 1000. The summed E-state index contributed by atoms with van der Waals surface area (Å²) in [6.07, 6.45) is 2.28. The molecule has 0 fully saturated rings. The molecule has 0 bridgehead atoms. The second kappa shape index (κ2) is 7.50. The van der Waals surface area contributed by atoms with Gasteiger partial charge in [0.25, 0.3) is 0 Å². The second-order valence-electron chi connectivity index (χ2n) is 9.71. The molecule has 0 nitrogen and oxygen atoms in total. The molecule has 1 aliphatic rings. The molecule has 0 unspecified atom stereocenters. The third-order valence-corrected chi connectivity index (χ3v) is 6.55. The van der Waals surface area contributed by atoms with Crippen molar-refractivity contribution in [2.45, 2.75) is 54.4 Å². The van der Waals surface area contributed by atoms with Crippen LogP contribution >= 0.6 is 0 Å². The Morgan fingerprint density at radius 2 is 1.46 bits per heavy atom. The first-order valence-electron chi connectivity index (χ1n) is 10.6. The standard InChI is InChI=1S/C25H33B3/c1-14-9-7-8-10-17(14)20-15(2)11-12-18(22(20)25(4,5)6)21-16(3)13-19(26)23(27)24(21)28/h7-10,13H,11-12,26-28H2,1-6H3. The fourth-order valence-corrected chi connectivity index (χ4v) is 4.97. The molecule has 142 valence electrons. The monoisotopic (exact) mass is 366 g/mol. The molecule has 1 aliphatic carbocycles. The average Bonchev–Trinajstić information content (AvgIpc) is 2.60. The molecule has 0 amide bonds. The van der Waals surface area contributed by atoms with Gasteiger partial charge in [-0.15, -0.1) is 5.46 Å². The van der Waals surface area contributed by atoms with Crippen LogP contribution in [0.2, 0.25) is 0 Å². The Morgan fingerprint density at radius 1 is 0.821 bits per heavy atom.